The van der Waals surface area contributed by atoms with Crippen LogP contribution in [0.2, 0.25) is 0 Å². The zero-order chi connectivity index (χ0) is 6.85. The van der Waals surface area contributed by atoms with Gasteiger partial charge in [0.2, 0.25) is 0 Å². The van der Waals surface area contributed by atoms with E-state index in [0.29, 0.717) is 6.42 Å². The summed E-state index contributed by atoms with van der Waals surface area (Å²) in [6, 6.07) is 0. The molecule has 0 aromatic heterocycles. The Bertz CT molecular complexity index is 168. The molecule has 0 fully saturated rings. The summed E-state index contributed by atoms with van der Waals surface area (Å²) in [5, 5.41) is 0. The van der Waals surface area contributed by atoms with E-state index < -0.39 is 11.7 Å². The molecule has 0 saturated heterocycles. The van der Waals surface area contributed by atoms with Crippen molar-refractivity contribution in [1.29, 1.82) is 0 Å². The van der Waals surface area contributed by atoms with Gasteiger partial charge in [0, 0.05) is 5.92 Å². The Labute approximate surface area is 52.9 Å². The van der Waals surface area contributed by atoms with Gasteiger partial charge in [-0.05, 0) is 12.5 Å². The van der Waals surface area contributed by atoms with Crippen molar-refractivity contribution in [2.45, 2.75) is 13.3 Å². The average molecular weight is 130 g/mol. The molecule has 0 aromatic carbocycles. The second-order valence-electron chi connectivity index (χ2n) is 2.23. The van der Waals surface area contributed by atoms with Gasteiger partial charge in [-0.3, -0.25) is 0 Å². The summed E-state index contributed by atoms with van der Waals surface area (Å²) >= 11 is 0. The first kappa shape index (κ1) is 6.46. The number of allylic oxidation sites excluding steroid dienone is 4. The molecule has 0 aliphatic heterocycles. The average Bonchev–Trinajstić information content (AvgIpc) is 1.83. The molecule has 0 radical (unpaired) electrons. The molecule has 0 nitrogen and oxygen atoms in total. The van der Waals surface area contributed by atoms with Gasteiger partial charge in [-0.15, -0.1) is 0 Å². The number of halogens is 2. The summed E-state index contributed by atoms with van der Waals surface area (Å²) in [6.45, 7) is 1.67. The number of hydrogen-bond donors (Lipinski definition) is 0. The molecule has 0 saturated carbocycles. The molecule has 0 aromatic rings. The molecule has 0 spiro atoms. The van der Waals surface area contributed by atoms with Gasteiger partial charge in [0.15, 0.2) is 5.83 Å². The zero-order valence-electron chi connectivity index (χ0n) is 5.20. The molecule has 1 aliphatic rings. The first-order chi connectivity index (χ1) is 4.22. The van der Waals surface area contributed by atoms with Crippen molar-refractivity contribution in [2.24, 2.45) is 5.92 Å². The van der Waals surface area contributed by atoms with Crippen LogP contribution in [0.1, 0.15) is 13.3 Å². The predicted molar refractivity (Wildman–Crippen MR) is 32.2 cm³/mol. The maximum Gasteiger partial charge on any atom is 0.154 e. The highest BCUT2D eigenvalue weighted by Crippen LogP contribution is 2.26. The van der Waals surface area contributed by atoms with Crippen molar-refractivity contribution in [3.8, 4) is 0 Å². The monoisotopic (exact) mass is 130 g/mol. The quantitative estimate of drug-likeness (QED) is 0.473. The molecular formula is C7H8F2. The molecule has 2 heteroatoms. The minimum absolute atomic E-state index is 0.269. The first-order valence-electron chi connectivity index (χ1n) is 2.93. The van der Waals surface area contributed by atoms with Crippen LogP contribution in [-0.2, 0) is 0 Å². The van der Waals surface area contributed by atoms with Crippen molar-refractivity contribution < 1.29 is 8.78 Å². The summed E-state index contributed by atoms with van der Waals surface area (Å²) in [5.74, 6) is -1.60. The van der Waals surface area contributed by atoms with Crippen LogP contribution in [0.3, 0.4) is 0 Å². The normalized spacial score (nSPS) is 27.2. The highest BCUT2D eigenvalue weighted by molar-refractivity contribution is 5.21. The maximum atomic E-state index is 12.4. The van der Waals surface area contributed by atoms with E-state index in [9.17, 15) is 8.78 Å². The Morgan fingerprint density at radius 2 is 2.22 bits per heavy atom. The molecule has 1 aliphatic carbocycles. The van der Waals surface area contributed by atoms with Crippen molar-refractivity contribution >= 4 is 0 Å². The first-order valence-corrected chi connectivity index (χ1v) is 2.93. The van der Waals surface area contributed by atoms with E-state index >= 15 is 0 Å². The molecule has 1 rings (SSSR count). The summed E-state index contributed by atoms with van der Waals surface area (Å²) in [5.41, 5.74) is 0. The van der Waals surface area contributed by atoms with Crippen LogP contribution in [0.4, 0.5) is 8.78 Å². The second-order valence-corrected chi connectivity index (χ2v) is 2.23. The van der Waals surface area contributed by atoms with E-state index in [1.807, 2.05) is 0 Å². The summed E-state index contributed by atoms with van der Waals surface area (Å²) in [7, 11) is 0. The van der Waals surface area contributed by atoms with Gasteiger partial charge in [0.1, 0.15) is 5.83 Å². The van der Waals surface area contributed by atoms with Crippen molar-refractivity contribution in [3.05, 3.63) is 23.8 Å². The Kier molecular flexibility index (Phi) is 1.65. The third-order valence-corrected chi connectivity index (χ3v) is 1.41. The smallest absolute Gasteiger partial charge is 0.154 e. The standard InChI is InChI=1S/C7H8F2/c1-5-3-2-4-6(8)7(5)9/h2,4-5H,3H2,1H3/t5-/m1/s1. The van der Waals surface area contributed by atoms with Gasteiger partial charge < -0.3 is 0 Å². The van der Waals surface area contributed by atoms with Crippen molar-refractivity contribution in [2.75, 3.05) is 0 Å². The molecule has 0 unspecified atom stereocenters. The lowest BCUT2D eigenvalue weighted by Gasteiger charge is -2.09. The van der Waals surface area contributed by atoms with Gasteiger partial charge >= 0.3 is 0 Å². The third-order valence-electron chi connectivity index (χ3n) is 1.41. The van der Waals surface area contributed by atoms with Gasteiger partial charge in [-0.2, -0.15) is 0 Å². The SMILES string of the molecule is C[C@@H]1CC=CC(F)=C1F. The van der Waals surface area contributed by atoms with Crippen LogP contribution in [0.25, 0.3) is 0 Å². The lowest BCUT2D eigenvalue weighted by atomic mass is 10.0. The summed E-state index contributed by atoms with van der Waals surface area (Å²) in [6.07, 6.45) is 3.43. The van der Waals surface area contributed by atoms with Crippen LogP contribution in [0.15, 0.2) is 23.8 Å². The fourth-order valence-electron chi connectivity index (χ4n) is 0.794. The molecule has 0 amide bonds. The summed E-state index contributed by atoms with van der Waals surface area (Å²) in [4.78, 5) is 0. The fourth-order valence-corrected chi connectivity index (χ4v) is 0.794. The highest BCUT2D eigenvalue weighted by atomic mass is 19.2. The van der Waals surface area contributed by atoms with Gasteiger partial charge in [-0.25, -0.2) is 8.78 Å². The molecule has 1 atom stereocenters. The van der Waals surface area contributed by atoms with E-state index in [0.717, 1.165) is 0 Å². The minimum atomic E-state index is -0.714. The van der Waals surface area contributed by atoms with Crippen LogP contribution in [0.5, 0.6) is 0 Å². The van der Waals surface area contributed by atoms with E-state index in [1.54, 1.807) is 13.0 Å². The van der Waals surface area contributed by atoms with Gasteiger partial charge in [0.25, 0.3) is 0 Å². The minimum Gasteiger partial charge on any atom is -0.208 e. The Morgan fingerprint density at radius 3 is 2.67 bits per heavy atom. The Morgan fingerprint density at radius 1 is 1.56 bits per heavy atom. The molecular weight excluding hydrogens is 122 g/mol. The van der Waals surface area contributed by atoms with Crippen LogP contribution in [-0.4, -0.2) is 0 Å². The van der Waals surface area contributed by atoms with Crippen LogP contribution < -0.4 is 0 Å². The van der Waals surface area contributed by atoms with Gasteiger partial charge in [-0.1, -0.05) is 13.0 Å². The molecule has 0 heterocycles. The van der Waals surface area contributed by atoms with Crippen molar-refractivity contribution in [3.63, 3.8) is 0 Å². The van der Waals surface area contributed by atoms with E-state index in [-0.39, 0.29) is 5.92 Å². The second kappa shape index (κ2) is 2.29. The number of rotatable bonds is 0. The lowest BCUT2D eigenvalue weighted by Crippen LogP contribution is -1.98. The van der Waals surface area contributed by atoms with E-state index in [1.165, 1.54) is 6.08 Å². The van der Waals surface area contributed by atoms with E-state index in [4.69, 9.17) is 0 Å². The van der Waals surface area contributed by atoms with E-state index in [2.05, 4.69) is 0 Å². The van der Waals surface area contributed by atoms with Crippen molar-refractivity contribution in [1.82, 2.24) is 0 Å². The Balaban J connectivity index is 2.83. The maximum absolute atomic E-state index is 12.4. The topological polar surface area (TPSA) is 0 Å². The zero-order valence-corrected chi connectivity index (χ0v) is 5.20. The third kappa shape index (κ3) is 1.18. The van der Waals surface area contributed by atoms with Crippen LogP contribution >= 0.6 is 0 Å². The van der Waals surface area contributed by atoms with Crippen LogP contribution in [0, 0.1) is 5.92 Å². The van der Waals surface area contributed by atoms with Gasteiger partial charge in [0.05, 0.1) is 0 Å². The summed E-state index contributed by atoms with van der Waals surface area (Å²) < 4.78 is 24.7. The molecule has 50 valence electrons. The molecule has 0 bridgehead atoms. The predicted octanol–water partition coefficient (Wildman–Crippen LogP) is 2.73. The fraction of sp³-hybridized carbons (Fsp3) is 0.429. The molecule has 9 heavy (non-hydrogen) atoms. The lowest BCUT2D eigenvalue weighted by molar-refractivity contribution is 0.445. The molecule has 0 N–H and O–H groups in total. The highest BCUT2D eigenvalue weighted by Gasteiger charge is 2.14. The largest absolute Gasteiger partial charge is 0.208 e. The Hall–Kier alpha value is -0.660. The number of hydrogen-bond acceptors (Lipinski definition) is 0.